The third kappa shape index (κ3) is 2.11. The van der Waals surface area contributed by atoms with Crippen LogP contribution < -0.4 is 11.5 Å². The number of aryl methyl sites for hydroxylation is 1. The van der Waals surface area contributed by atoms with E-state index in [0.29, 0.717) is 15.7 Å². The zero-order valence-corrected chi connectivity index (χ0v) is 9.45. The highest BCUT2D eigenvalue weighted by molar-refractivity contribution is 6.42. The number of halogens is 2. The lowest BCUT2D eigenvalue weighted by Crippen LogP contribution is -2.22. The molecule has 0 aliphatic heterocycles. The van der Waals surface area contributed by atoms with Gasteiger partial charge in [-0.05, 0) is 31.0 Å². The highest BCUT2D eigenvalue weighted by Gasteiger charge is 2.09. The minimum atomic E-state index is 0.00888. The Balaban J connectivity index is 3.44. The Bertz CT molecular complexity index is 396. The second-order valence-electron chi connectivity index (χ2n) is 3.00. The number of hydrogen-bond donors (Lipinski definition) is 2. The molecule has 1 aromatic carbocycles. The molecule has 14 heavy (non-hydrogen) atoms. The maximum atomic E-state index is 5.96. The number of guanidine groups is 1. The monoisotopic (exact) mass is 231 g/mol. The molecular weight excluding hydrogens is 221 g/mol. The lowest BCUT2D eigenvalue weighted by Gasteiger charge is -2.08. The summed E-state index contributed by atoms with van der Waals surface area (Å²) in [6.45, 7) is 3.69. The molecule has 0 saturated heterocycles. The van der Waals surface area contributed by atoms with Crippen LogP contribution in [0.1, 0.15) is 11.1 Å². The SMILES string of the molecule is Cc1cc(Cl)c(Cl)c(C)c1N=C(N)N. The van der Waals surface area contributed by atoms with Gasteiger partial charge in [0.1, 0.15) is 0 Å². The lowest BCUT2D eigenvalue weighted by molar-refractivity contribution is 1.30. The van der Waals surface area contributed by atoms with Gasteiger partial charge in [0.2, 0.25) is 0 Å². The Morgan fingerprint density at radius 2 is 1.86 bits per heavy atom. The van der Waals surface area contributed by atoms with E-state index in [4.69, 9.17) is 34.7 Å². The molecule has 1 aromatic rings. The molecule has 4 N–H and O–H groups in total. The van der Waals surface area contributed by atoms with E-state index in [1.807, 2.05) is 13.8 Å². The van der Waals surface area contributed by atoms with Crippen LogP contribution in [0.2, 0.25) is 10.0 Å². The van der Waals surface area contributed by atoms with E-state index < -0.39 is 0 Å². The minimum absolute atomic E-state index is 0.00888. The molecule has 0 radical (unpaired) electrons. The van der Waals surface area contributed by atoms with E-state index in [1.54, 1.807) is 6.07 Å². The molecule has 0 atom stereocenters. The average Bonchev–Trinajstić information content (AvgIpc) is 2.09. The van der Waals surface area contributed by atoms with Gasteiger partial charge >= 0.3 is 0 Å². The van der Waals surface area contributed by atoms with Crippen LogP contribution in [0, 0.1) is 13.8 Å². The molecule has 1 rings (SSSR count). The molecule has 0 amide bonds. The molecule has 0 fully saturated rings. The quantitative estimate of drug-likeness (QED) is 0.577. The van der Waals surface area contributed by atoms with Crippen LogP contribution in [0.15, 0.2) is 11.1 Å². The summed E-state index contributed by atoms with van der Waals surface area (Å²) in [6, 6.07) is 1.73. The normalized spacial score (nSPS) is 10.0. The van der Waals surface area contributed by atoms with Crippen LogP contribution in [0.4, 0.5) is 5.69 Å². The fourth-order valence-corrected chi connectivity index (χ4v) is 1.65. The molecule has 0 aromatic heterocycles. The van der Waals surface area contributed by atoms with Crippen molar-refractivity contribution >= 4 is 34.8 Å². The lowest BCUT2D eigenvalue weighted by atomic mass is 10.1. The standard InChI is InChI=1S/C9H11Cl2N3/c1-4-3-6(10)7(11)5(2)8(4)14-9(12)13/h3H,1-2H3,(H4,12,13,14). The van der Waals surface area contributed by atoms with Crippen molar-refractivity contribution in [2.45, 2.75) is 13.8 Å². The second-order valence-corrected chi connectivity index (χ2v) is 3.78. The summed E-state index contributed by atoms with van der Waals surface area (Å²) in [5.41, 5.74) is 13.0. The predicted octanol–water partition coefficient (Wildman–Crippen LogP) is 2.52. The third-order valence-electron chi connectivity index (χ3n) is 1.85. The van der Waals surface area contributed by atoms with Crippen molar-refractivity contribution in [3.63, 3.8) is 0 Å². The molecule has 5 heteroatoms. The largest absolute Gasteiger partial charge is 0.370 e. The van der Waals surface area contributed by atoms with Crippen molar-refractivity contribution < 1.29 is 0 Å². The van der Waals surface area contributed by atoms with E-state index in [1.165, 1.54) is 0 Å². The van der Waals surface area contributed by atoms with Crippen molar-refractivity contribution in [2.75, 3.05) is 0 Å². The van der Waals surface area contributed by atoms with Gasteiger partial charge in [-0.2, -0.15) is 0 Å². The van der Waals surface area contributed by atoms with E-state index in [0.717, 1.165) is 11.1 Å². The van der Waals surface area contributed by atoms with Crippen molar-refractivity contribution in [1.29, 1.82) is 0 Å². The molecule has 0 aliphatic rings. The highest BCUT2D eigenvalue weighted by Crippen LogP contribution is 2.35. The summed E-state index contributed by atoms with van der Waals surface area (Å²) >= 11 is 11.8. The maximum Gasteiger partial charge on any atom is 0.191 e. The van der Waals surface area contributed by atoms with Gasteiger partial charge in [-0.15, -0.1) is 0 Å². The molecule has 0 aliphatic carbocycles. The van der Waals surface area contributed by atoms with Gasteiger partial charge in [-0.3, -0.25) is 0 Å². The molecule has 76 valence electrons. The Morgan fingerprint density at radius 3 is 2.36 bits per heavy atom. The zero-order valence-electron chi connectivity index (χ0n) is 7.94. The first-order valence-corrected chi connectivity index (χ1v) is 4.74. The van der Waals surface area contributed by atoms with E-state index >= 15 is 0 Å². The fourth-order valence-electron chi connectivity index (χ4n) is 1.20. The molecule has 0 unspecified atom stereocenters. The average molecular weight is 232 g/mol. The Hall–Kier alpha value is -0.930. The topological polar surface area (TPSA) is 64.4 Å². The third-order valence-corrected chi connectivity index (χ3v) is 2.73. The van der Waals surface area contributed by atoms with Crippen LogP contribution in [0.25, 0.3) is 0 Å². The first-order valence-electron chi connectivity index (χ1n) is 3.98. The number of nitrogens with two attached hydrogens (primary N) is 2. The zero-order chi connectivity index (χ0) is 10.9. The number of rotatable bonds is 1. The summed E-state index contributed by atoms with van der Waals surface area (Å²) in [7, 11) is 0. The van der Waals surface area contributed by atoms with E-state index in [9.17, 15) is 0 Å². The number of hydrogen-bond acceptors (Lipinski definition) is 1. The minimum Gasteiger partial charge on any atom is -0.370 e. The van der Waals surface area contributed by atoms with E-state index in [-0.39, 0.29) is 5.96 Å². The molecule has 0 saturated carbocycles. The fraction of sp³-hybridized carbons (Fsp3) is 0.222. The number of aliphatic imine (C=N–C) groups is 1. The van der Waals surface area contributed by atoms with Crippen LogP contribution in [0.5, 0.6) is 0 Å². The van der Waals surface area contributed by atoms with Crippen molar-refractivity contribution in [3.8, 4) is 0 Å². The Morgan fingerprint density at radius 1 is 1.29 bits per heavy atom. The molecule has 0 heterocycles. The first kappa shape index (κ1) is 11.1. The predicted molar refractivity (Wildman–Crippen MR) is 61.4 cm³/mol. The summed E-state index contributed by atoms with van der Waals surface area (Å²) in [6.07, 6.45) is 0. The summed E-state index contributed by atoms with van der Waals surface area (Å²) < 4.78 is 0. The first-order chi connectivity index (χ1) is 6.43. The second kappa shape index (κ2) is 4.07. The van der Waals surface area contributed by atoms with Gasteiger partial charge in [0.15, 0.2) is 5.96 Å². The van der Waals surface area contributed by atoms with Gasteiger partial charge < -0.3 is 11.5 Å². The summed E-state index contributed by atoms with van der Waals surface area (Å²) in [4.78, 5) is 3.99. The summed E-state index contributed by atoms with van der Waals surface area (Å²) in [5.74, 6) is 0.00888. The Kier molecular flexibility index (Phi) is 3.24. The number of nitrogens with zero attached hydrogens (tertiary/aromatic N) is 1. The maximum absolute atomic E-state index is 5.96. The molecular formula is C9H11Cl2N3. The van der Waals surface area contributed by atoms with Crippen LogP contribution in [-0.2, 0) is 0 Å². The van der Waals surface area contributed by atoms with Crippen molar-refractivity contribution in [3.05, 3.63) is 27.2 Å². The molecule has 0 spiro atoms. The van der Waals surface area contributed by atoms with Crippen molar-refractivity contribution in [1.82, 2.24) is 0 Å². The van der Waals surface area contributed by atoms with Gasteiger partial charge in [-0.25, -0.2) is 4.99 Å². The van der Waals surface area contributed by atoms with Gasteiger partial charge in [0.25, 0.3) is 0 Å². The van der Waals surface area contributed by atoms with E-state index in [2.05, 4.69) is 4.99 Å². The molecule has 3 nitrogen and oxygen atoms in total. The van der Waals surface area contributed by atoms with Crippen LogP contribution in [0.3, 0.4) is 0 Å². The Labute approximate surface area is 92.7 Å². The summed E-state index contributed by atoms with van der Waals surface area (Å²) in [5, 5.41) is 0.994. The van der Waals surface area contributed by atoms with Crippen molar-refractivity contribution in [2.24, 2.45) is 16.5 Å². The van der Waals surface area contributed by atoms with Gasteiger partial charge in [0.05, 0.1) is 15.7 Å². The highest BCUT2D eigenvalue weighted by atomic mass is 35.5. The smallest absolute Gasteiger partial charge is 0.191 e. The van der Waals surface area contributed by atoms with Gasteiger partial charge in [-0.1, -0.05) is 23.2 Å². The number of benzene rings is 1. The van der Waals surface area contributed by atoms with Crippen LogP contribution in [-0.4, -0.2) is 5.96 Å². The van der Waals surface area contributed by atoms with Crippen LogP contribution >= 0.6 is 23.2 Å². The van der Waals surface area contributed by atoms with Gasteiger partial charge in [0, 0.05) is 0 Å². The molecule has 0 bridgehead atoms.